The van der Waals surface area contributed by atoms with Crippen molar-refractivity contribution in [3.8, 4) is 0 Å². The van der Waals surface area contributed by atoms with E-state index in [0.29, 0.717) is 26.1 Å². The first kappa shape index (κ1) is 16.2. The highest BCUT2D eigenvalue weighted by molar-refractivity contribution is 5.30. The van der Waals surface area contributed by atoms with Crippen LogP contribution in [0.4, 0.5) is 0 Å². The third-order valence-electron chi connectivity index (χ3n) is 3.62. The lowest BCUT2D eigenvalue weighted by Crippen LogP contribution is -2.48. The lowest BCUT2D eigenvalue weighted by atomic mass is 9.72. The highest BCUT2D eigenvalue weighted by Crippen LogP contribution is 2.44. The van der Waals surface area contributed by atoms with Gasteiger partial charge in [-0.05, 0) is 31.9 Å². The molecule has 1 aromatic rings. The van der Waals surface area contributed by atoms with Gasteiger partial charge in [-0.2, -0.15) is 0 Å². The number of ether oxygens (including phenoxy) is 2. The van der Waals surface area contributed by atoms with E-state index in [9.17, 15) is 5.11 Å². The third-order valence-corrected chi connectivity index (χ3v) is 3.62. The van der Waals surface area contributed by atoms with Crippen molar-refractivity contribution in [3.05, 3.63) is 48.0 Å². The van der Waals surface area contributed by atoms with E-state index in [1.54, 1.807) is 6.08 Å². The molecule has 0 aliphatic heterocycles. The molecule has 21 heavy (non-hydrogen) atoms. The van der Waals surface area contributed by atoms with Gasteiger partial charge in [0.2, 0.25) is 0 Å². The Morgan fingerprint density at radius 3 is 2.71 bits per heavy atom. The molecule has 1 saturated carbocycles. The largest absolute Gasteiger partial charge is 0.385 e. The molecule has 1 fully saturated rings. The number of hydrogen-bond donors (Lipinski definition) is 1. The second-order valence-electron chi connectivity index (χ2n) is 6.80. The first-order chi connectivity index (χ1) is 9.82. The van der Waals surface area contributed by atoms with Gasteiger partial charge >= 0.3 is 0 Å². The van der Waals surface area contributed by atoms with Crippen LogP contribution in [0.2, 0.25) is 0 Å². The van der Waals surface area contributed by atoms with Crippen molar-refractivity contribution in [2.24, 2.45) is 0 Å². The molecular formula is C18H26O3. The Morgan fingerprint density at radius 2 is 2.10 bits per heavy atom. The molecular weight excluding hydrogens is 264 g/mol. The molecule has 0 spiro atoms. The number of benzene rings is 1. The molecule has 1 N–H and O–H groups in total. The Balaban J connectivity index is 1.96. The van der Waals surface area contributed by atoms with Gasteiger partial charge in [0.15, 0.2) is 0 Å². The highest BCUT2D eigenvalue weighted by atomic mass is 16.5. The SMILES string of the molecule is C=CCOCc1cccc(C2(O)CC(OC(C)(C)C)C2)c1. The monoisotopic (exact) mass is 290 g/mol. The van der Waals surface area contributed by atoms with E-state index in [1.807, 2.05) is 45.0 Å². The van der Waals surface area contributed by atoms with Crippen LogP contribution < -0.4 is 0 Å². The average molecular weight is 290 g/mol. The van der Waals surface area contributed by atoms with Crippen molar-refractivity contribution in [2.75, 3.05) is 6.61 Å². The number of rotatable bonds is 6. The quantitative estimate of drug-likeness (QED) is 0.643. The van der Waals surface area contributed by atoms with E-state index in [4.69, 9.17) is 9.47 Å². The molecule has 1 aliphatic rings. The minimum atomic E-state index is -0.760. The van der Waals surface area contributed by atoms with Crippen LogP contribution in [0, 0.1) is 0 Å². The summed E-state index contributed by atoms with van der Waals surface area (Å²) in [6.45, 7) is 10.8. The standard InChI is InChI=1S/C18H26O3/c1-5-9-20-13-14-7-6-8-15(10-14)18(19)11-16(12-18)21-17(2,3)4/h5-8,10,16,19H,1,9,11-13H2,2-4H3. The molecule has 0 heterocycles. The number of hydrogen-bond acceptors (Lipinski definition) is 3. The molecule has 3 heteroatoms. The zero-order valence-corrected chi connectivity index (χ0v) is 13.3. The first-order valence-corrected chi connectivity index (χ1v) is 7.51. The van der Waals surface area contributed by atoms with Gasteiger partial charge in [0, 0.05) is 12.8 Å². The second kappa shape index (κ2) is 6.30. The molecule has 2 rings (SSSR count). The first-order valence-electron chi connectivity index (χ1n) is 7.51. The summed E-state index contributed by atoms with van der Waals surface area (Å²) in [5.74, 6) is 0. The maximum absolute atomic E-state index is 10.7. The molecule has 0 aromatic heterocycles. The fourth-order valence-corrected chi connectivity index (χ4v) is 2.72. The fourth-order valence-electron chi connectivity index (χ4n) is 2.72. The summed E-state index contributed by atoms with van der Waals surface area (Å²) in [5, 5.41) is 10.7. The van der Waals surface area contributed by atoms with Gasteiger partial charge in [0.25, 0.3) is 0 Å². The highest BCUT2D eigenvalue weighted by Gasteiger charge is 2.46. The van der Waals surface area contributed by atoms with Gasteiger partial charge in [-0.3, -0.25) is 0 Å². The molecule has 0 saturated heterocycles. The Bertz CT molecular complexity index is 481. The van der Waals surface area contributed by atoms with Crippen LogP contribution in [-0.4, -0.2) is 23.4 Å². The number of aliphatic hydroxyl groups is 1. The molecule has 3 nitrogen and oxygen atoms in total. The Labute approximate surface area is 127 Å². The molecule has 1 aliphatic carbocycles. The predicted molar refractivity (Wildman–Crippen MR) is 84.1 cm³/mol. The van der Waals surface area contributed by atoms with Crippen LogP contribution in [0.15, 0.2) is 36.9 Å². The third kappa shape index (κ3) is 4.40. The zero-order chi connectivity index (χ0) is 15.5. The van der Waals surface area contributed by atoms with Gasteiger partial charge in [-0.25, -0.2) is 0 Å². The van der Waals surface area contributed by atoms with Crippen LogP contribution in [0.5, 0.6) is 0 Å². The zero-order valence-electron chi connectivity index (χ0n) is 13.3. The molecule has 0 unspecified atom stereocenters. The maximum Gasteiger partial charge on any atom is 0.0946 e. The van der Waals surface area contributed by atoms with E-state index in [1.165, 1.54) is 0 Å². The van der Waals surface area contributed by atoms with Crippen LogP contribution in [0.3, 0.4) is 0 Å². The Kier molecular flexibility index (Phi) is 4.87. The topological polar surface area (TPSA) is 38.7 Å². The van der Waals surface area contributed by atoms with E-state index in [2.05, 4.69) is 6.58 Å². The van der Waals surface area contributed by atoms with Crippen molar-refractivity contribution >= 4 is 0 Å². The van der Waals surface area contributed by atoms with Crippen LogP contribution >= 0.6 is 0 Å². The van der Waals surface area contributed by atoms with Gasteiger partial charge in [-0.1, -0.05) is 30.3 Å². The molecule has 0 radical (unpaired) electrons. The van der Waals surface area contributed by atoms with E-state index >= 15 is 0 Å². The van der Waals surface area contributed by atoms with E-state index < -0.39 is 5.60 Å². The molecule has 0 bridgehead atoms. The van der Waals surface area contributed by atoms with Crippen LogP contribution in [-0.2, 0) is 21.7 Å². The average Bonchev–Trinajstić information content (AvgIpc) is 2.36. The summed E-state index contributed by atoms with van der Waals surface area (Å²) in [5.41, 5.74) is 1.11. The normalized spacial score (nSPS) is 25.4. The minimum Gasteiger partial charge on any atom is -0.385 e. The second-order valence-corrected chi connectivity index (χ2v) is 6.80. The van der Waals surface area contributed by atoms with Gasteiger partial charge in [0.1, 0.15) is 0 Å². The van der Waals surface area contributed by atoms with Crippen molar-refractivity contribution in [1.29, 1.82) is 0 Å². The summed E-state index contributed by atoms with van der Waals surface area (Å²) >= 11 is 0. The Morgan fingerprint density at radius 1 is 1.38 bits per heavy atom. The Hall–Kier alpha value is -1.16. The van der Waals surface area contributed by atoms with Gasteiger partial charge in [-0.15, -0.1) is 6.58 Å². The maximum atomic E-state index is 10.7. The summed E-state index contributed by atoms with van der Waals surface area (Å²) in [4.78, 5) is 0. The summed E-state index contributed by atoms with van der Waals surface area (Å²) in [6, 6.07) is 7.98. The van der Waals surface area contributed by atoms with E-state index in [-0.39, 0.29) is 11.7 Å². The lowest BCUT2D eigenvalue weighted by Gasteiger charge is -2.46. The summed E-state index contributed by atoms with van der Waals surface area (Å²) in [7, 11) is 0. The van der Waals surface area contributed by atoms with Crippen molar-refractivity contribution in [3.63, 3.8) is 0 Å². The minimum absolute atomic E-state index is 0.135. The predicted octanol–water partition coefficient (Wildman–Crippen LogP) is 3.55. The van der Waals surface area contributed by atoms with Crippen molar-refractivity contribution < 1.29 is 14.6 Å². The van der Waals surface area contributed by atoms with Gasteiger partial charge in [0.05, 0.1) is 30.5 Å². The summed E-state index contributed by atoms with van der Waals surface area (Å²) < 4.78 is 11.4. The molecule has 1 aromatic carbocycles. The van der Waals surface area contributed by atoms with Gasteiger partial charge < -0.3 is 14.6 Å². The van der Waals surface area contributed by atoms with E-state index in [0.717, 1.165) is 11.1 Å². The summed E-state index contributed by atoms with van der Waals surface area (Å²) in [6.07, 6.45) is 3.18. The van der Waals surface area contributed by atoms with Crippen molar-refractivity contribution in [2.45, 2.75) is 57.5 Å². The molecule has 116 valence electrons. The molecule has 0 amide bonds. The fraction of sp³-hybridized carbons (Fsp3) is 0.556. The lowest BCUT2D eigenvalue weighted by molar-refractivity contribution is -0.182. The van der Waals surface area contributed by atoms with Crippen LogP contribution in [0.25, 0.3) is 0 Å². The molecule has 0 atom stereocenters. The van der Waals surface area contributed by atoms with Crippen molar-refractivity contribution in [1.82, 2.24) is 0 Å². The smallest absolute Gasteiger partial charge is 0.0946 e. The van der Waals surface area contributed by atoms with Crippen LogP contribution in [0.1, 0.15) is 44.7 Å².